The van der Waals surface area contributed by atoms with Crippen molar-refractivity contribution in [1.29, 1.82) is 0 Å². The van der Waals surface area contributed by atoms with Crippen molar-refractivity contribution < 1.29 is 4.79 Å². The normalized spacial score (nSPS) is 16.1. The average molecular weight is 301 g/mol. The van der Waals surface area contributed by atoms with E-state index in [1.54, 1.807) is 11.8 Å². The van der Waals surface area contributed by atoms with E-state index in [1.165, 1.54) is 0 Å². The molecule has 0 aliphatic carbocycles. The van der Waals surface area contributed by atoms with E-state index in [0.29, 0.717) is 5.92 Å². The summed E-state index contributed by atoms with van der Waals surface area (Å²) in [5.74, 6) is 0.784. The fraction of sp³-hybridized carbons (Fsp3) is 0.500. The topological polar surface area (TPSA) is 41.1 Å². The van der Waals surface area contributed by atoms with Crippen LogP contribution in [0.4, 0.5) is 0 Å². The maximum absolute atomic E-state index is 12.1. The molecule has 0 bridgehead atoms. The van der Waals surface area contributed by atoms with Gasteiger partial charge in [-0.3, -0.25) is 4.79 Å². The number of benzene rings is 1. The summed E-state index contributed by atoms with van der Waals surface area (Å²) in [6.07, 6.45) is 0.855. The zero-order chi connectivity index (χ0) is 12.8. The summed E-state index contributed by atoms with van der Waals surface area (Å²) in [7, 11) is 0. The van der Waals surface area contributed by atoms with Gasteiger partial charge in [0.15, 0.2) is 0 Å². The zero-order valence-corrected chi connectivity index (χ0v) is 12.7. The van der Waals surface area contributed by atoms with Crippen molar-refractivity contribution in [3.05, 3.63) is 30.3 Å². The van der Waals surface area contributed by atoms with Gasteiger partial charge >= 0.3 is 0 Å². The molecule has 19 heavy (non-hydrogen) atoms. The Morgan fingerprint density at radius 1 is 1.42 bits per heavy atom. The van der Waals surface area contributed by atoms with Gasteiger partial charge in [-0.15, -0.1) is 24.2 Å². The molecule has 0 radical (unpaired) electrons. The minimum absolute atomic E-state index is 0. The molecule has 0 aromatic heterocycles. The SMILES string of the molecule is CCC(Sc1ccccc1)C(=O)NCC1CNC1.Cl. The minimum Gasteiger partial charge on any atom is -0.355 e. The van der Waals surface area contributed by atoms with Gasteiger partial charge in [0.25, 0.3) is 0 Å². The van der Waals surface area contributed by atoms with Crippen molar-refractivity contribution in [2.75, 3.05) is 19.6 Å². The van der Waals surface area contributed by atoms with Crippen LogP contribution in [0.25, 0.3) is 0 Å². The molecule has 1 heterocycles. The number of nitrogens with one attached hydrogen (secondary N) is 2. The van der Waals surface area contributed by atoms with Gasteiger partial charge in [0.05, 0.1) is 5.25 Å². The molecular weight excluding hydrogens is 280 g/mol. The summed E-state index contributed by atoms with van der Waals surface area (Å²) in [6.45, 7) is 4.93. The second kappa shape index (κ2) is 8.46. The van der Waals surface area contributed by atoms with E-state index in [1.807, 2.05) is 18.2 Å². The van der Waals surface area contributed by atoms with Crippen LogP contribution in [0.3, 0.4) is 0 Å². The van der Waals surface area contributed by atoms with Crippen molar-refractivity contribution in [3.8, 4) is 0 Å². The second-order valence-electron chi connectivity index (χ2n) is 4.60. The smallest absolute Gasteiger partial charge is 0.233 e. The molecule has 106 valence electrons. The predicted molar refractivity (Wildman–Crippen MR) is 83.0 cm³/mol. The van der Waals surface area contributed by atoms with E-state index in [2.05, 4.69) is 29.7 Å². The van der Waals surface area contributed by atoms with E-state index in [9.17, 15) is 4.79 Å². The van der Waals surface area contributed by atoms with Crippen molar-refractivity contribution in [1.82, 2.24) is 10.6 Å². The van der Waals surface area contributed by atoms with Crippen LogP contribution < -0.4 is 10.6 Å². The molecule has 1 amide bonds. The Labute approximate surface area is 125 Å². The first-order valence-corrected chi connectivity index (χ1v) is 7.37. The van der Waals surface area contributed by atoms with Crippen molar-refractivity contribution in [3.63, 3.8) is 0 Å². The fourth-order valence-corrected chi connectivity index (χ4v) is 2.84. The number of carbonyl (C=O) groups excluding carboxylic acids is 1. The number of carbonyl (C=O) groups is 1. The molecule has 1 aromatic carbocycles. The first-order chi connectivity index (χ1) is 8.79. The van der Waals surface area contributed by atoms with Crippen LogP contribution in [0, 0.1) is 5.92 Å². The van der Waals surface area contributed by atoms with E-state index in [-0.39, 0.29) is 23.6 Å². The monoisotopic (exact) mass is 300 g/mol. The Morgan fingerprint density at radius 3 is 2.63 bits per heavy atom. The van der Waals surface area contributed by atoms with Crippen LogP contribution in [0.2, 0.25) is 0 Å². The third kappa shape index (κ3) is 5.05. The second-order valence-corrected chi connectivity index (χ2v) is 5.87. The number of hydrogen-bond donors (Lipinski definition) is 2. The Bertz CT molecular complexity index is 384. The summed E-state index contributed by atoms with van der Waals surface area (Å²) < 4.78 is 0. The highest BCUT2D eigenvalue weighted by Crippen LogP contribution is 2.25. The lowest BCUT2D eigenvalue weighted by Crippen LogP contribution is -2.49. The molecule has 3 nitrogen and oxygen atoms in total. The van der Waals surface area contributed by atoms with Crippen LogP contribution in [0.5, 0.6) is 0 Å². The van der Waals surface area contributed by atoms with Crippen molar-refractivity contribution >= 4 is 30.1 Å². The highest BCUT2D eigenvalue weighted by atomic mass is 35.5. The van der Waals surface area contributed by atoms with Crippen molar-refractivity contribution in [2.45, 2.75) is 23.5 Å². The summed E-state index contributed by atoms with van der Waals surface area (Å²) in [5.41, 5.74) is 0. The van der Waals surface area contributed by atoms with Crippen LogP contribution in [-0.4, -0.2) is 30.8 Å². The Hall–Kier alpha value is -0.710. The number of thioether (sulfide) groups is 1. The molecule has 1 unspecified atom stereocenters. The lowest BCUT2D eigenvalue weighted by Gasteiger charge is -2.27. The standard InChI is InChI=1S/C14H20N2OS.ClH/c1-2-13(18-12-6-4-3-5-7-12)14(17)16-10-11-8-15-9-11;/h3-7,11,13,15H,2,8-10H2,1H3,(H,16,17);1H. The van der Waals surface area contributed by atoms with E-state index in [0.717, 1.165) is 31.0 Å². The average Bonchev–Trinajstić information content (AvgIpc) is 2.35. The lowest BCUT2D eigenvalue weighted by molar-refractivity contribution is -0.120. The van der Waals surface area contributed by atoms with E-state index >= 15 is 0 Å². The lowest BCUT2D eigenvalue weighted by atomic mass is 10.0. The summed E-state index contributed by atoms with van der Waals surface area (Å²) >= 11 is 1.65. The molecule has 1 aliphatic rings. The Morgan fingerprint density at radius 2 is 2.11 bits per heavy atom. The van der Waals surface area contributed by atoms with Gasteiger partial charge in [-0.2, -0.15) is 0 Å². The van der Waals surface area contributed by atoms with Gasteiger partial charge in [0.1, 0.15) is 0 Å². The highest BCUT2D eigenvalue weighted by molar-refractivity contribution is 8.00. The molecule has 0 saturated carbocycles. The van der Waals surface area contributed by atoms with Gasteiger partial charge in [0.2, 0.25) is 5.91 Å². The van der Waals surface area contributed by atoms with Gasteiger partial charge < -0.3 is 10.6 Å². The maximum atomic E-state index is 12.1. The molecule has 2 N–H and O–H groups in total. The summed E-state index contributed by atoms with van der Waals surface area (Å²) in [4.78, 5) is 13.2. The van der Waals surface area contributed by atoms with Crippen molar-refractivity contribution in [2.24, 2.45) is 5.92 Å². The van der Waals surface area contributed by atoms with Gasteiger partial charge in [-0.1, -0.05) is 25.1 Å². The molecule has 1 saturated heterocycles. The quantitative estimate of drug-likeness (QED) is 0.792. The van der Waals surface area contributed by atoms with E-state index < -0.39 is 0 Å². The summed E-state index contributed by atoms with van der Waals surface area (Å²) in [5, 5.41) is 6.28. The highest BCUT2D eigenvalue weighted by Gasteiger charge is 2.21. The minimum atomic E-state index is 0. The molecule has 5 heteroatoms. The third-order valence-corrected chi connectivity index (χ3v) is 4.49. The summed E-state index contributed by atoms with van der Waals surface area (Å²) in [6, 6.07) is 10.1. The first kappa shape index (κ1) is 16.3. The van der Waals surface area contributed by atoms with Gasteiger partial charge in [-0.05, 0) is 18.6 Å². The van der Waals surface area contributed by atoms with Gasteiger partial charge in [-0.25, -0.2) is 0 Å². The fourth-order valence-electron chi connectivity index (χ4n) is 1.84. The van der Waals surface area contributed by atoms with Crippen LogP contribution in [0.1, 0.15) is 13.3 Å². The molecule has 2 rings (SSSR count). The number of hydrogen-bond acceptors (Lipinski definition) is 3. The van der Waals surface area contributed by atoms with E-state index in [4.69, 9.17) is 0 Å². The van der Waals surface area contributed by atoms with Crippen LogP contribution >= 0.6 is 24.2 Å². The molecule has 1 fully saturated rings. The third-order valence-electron chi connectivity index (χ3n) is 3.12. The van der Waals surface area contributed by atoms with Crippen LogP contribution in [0.15, 0.2) is 35.2 Å². The molecule has 0 spiro atoms. The van der Waals surface area contributed by atoms with Gasteiger partial charge in [0, 0.05) is 30.4 Å². The maximum Gasteiger partial charge on any atom is 0.233 e. The van der Waals surface area contributed by atoms with Crippen LogP contribution in [-0.2, 0) is 4.79 Å². The Balaban J connectivity index is 0.00000180. The number of halogens is 1. The largest absolute Gasteiger partial charge is 0.355 e. The molecule has 1 atom stereocenters. The molecule has 1 aromatic rings. The zero-order valence-electron chi connectivity index (χ0n) is 11.1. The molecule has 1 aliphatic heterocycles. The Kier molecular flexibility index (Phi) is 7.28. The predicted octanol–water partition coefficient (Wildman–Crippen LogP) is 2.31. The molecular formula is C14H21ClN2OS. The number of amides is 1. The first-order valence-electron chi connectivity index (χ1n) is 6.49. The number of rotatable bonds is 6.